The van der Waals surface area contributed by atoms with Gasteiger partial charge in [-0.2, -0.15) is 0 Å². The van der Waals surface area contributed by atoms with E-state index >= 15 is 0 Å². The Morgan fingerprint density at radius 1 is 1.25 bits per heavy atom. The third-order valence-electron chi connectivity index (χ3n) is 4.40. The van der Waals surface area contributed by atoms with E-state index in [4.69, 9.17) is 27.9 Å². The van der Waals surface area contributed by atoms with Crippen LogP contribution in [0.2, 0.25) is 10.2 Å². The standard InChI is InChI=1S/C18H15Cl2FN2O/c19-15-3-1-12(7-16(15)21)14-9-23(8-11-5-6-24-10-11)18-13(14)2-4-17(20)22-18/h1-4,7,9,11H,5-6,8,10H2/t11-/m0/s1. The molecule has 24 heavy (non-hydrogen) atoms. The lowest BCUT2D eigenvalue weighted by Gasteiger charge is -2.09. The number of fused-ring (bicyclic) bond motifs is 1. The molecule has 1 saturated heterocycles. The summed E-state index contributed by atoms with van der Waals surface area (Å²) < 4.78 is 21.4. The Labute approximate surface area is 149 Å². The molecule has 3 nitrogen and oxygen atoms in total. The summed E-state index contributed by atoms with van der Waals surface area (Å²) in [5.41, 5.74) is 2.50. The van der Waals surface area contributed by atoms with Crippen LogP contribution in [0.25, 0.3) is 22.2 Å². The Bertz CT molecular complexity index is 903. The highest BCUT2D eigenvalue weighted by Crippen LogP contribution is 2.33. The van der Waals surface area contributed by atoms with E-state index in [0.717, 1.165) is 48.3 Å². The van der Waals surface area contributed by atoms with E-state index in [-0.39, 0.29) is 5.02 Å². The number of halogens is 3. The zero-order valence-electron chi connectivity index (χ0n) is 12.8. The summed E-state index contributed by atoms with van der Waals surface area (Å²) >= 11 is 11.9. The fourth-order valence-corrected chi connectivity index (χ4v) is 3.44. The van der Waals surface area contributed by atoms with Gasteiger partial charge in [0.05, 0.1) is 11.6 Å². The Morgan fingerprint density at radius 2 is 2.12 bits per heavy atom. The second-order valence-corrected chi connectivity index (χ2v) is 6.85. The maximum atomic E-state index is 13.9. The third-order valence-corrected chi connectivity index (χ3v) is 4.91. The average Bonchev–Trinajstić information content (AvgIpc) is 3.19. The monoisotopic (exact) mass is 364 g/mol. The van der Waals surface area contributed by atoms with E-state index in [1.54, 1.807) is 12.1 Å². The van der Waals surface area contributed by atoms with Gasteiger partial charge in [0.1, 0.15) is 16.6 Å². The molecule has 0 amide bonds. The van der Waals surface area contributed by atoms with E-state index in [2.05, 4.69) is 9.55 Å². The topological polar surface area (TPSA) is 27.1 Å². The van der Waals surface area contributed by atoms with Crippen LogP contribution in [0.15, 0.2) is 36.5 Å². The lowest BCUT2D eigenvalue weighted by molar-refractivity contribution is 0.182. The van der Waals surface area contributed by atoms with Gasteiger partial charge < -0.3 is 9.30 Å². The smallest absolute Gasteiger partial charge is 0.142 e. The predicted octanol–water partition coefficient (Wildman–Crippen LogP) is 5.19. The van der Waals surface area contributed by atoms with Gasteiger partial charge >= 0.3 is 0 Å². The summed E-state index contributed by atoms with van der Waals surface area (Å²) in [7, 11) is 0. The Balaban J connectivity index is 1.84. The largest absolute Gasteiger partial charge is 0.381 e. The molecule has 6 heteroatoms. The van der Waals surface area contributed by atoms with Crippen LogP contribution >= 0.6 is 23.2 Å². The molecule has 0 aliphatic carbocycles. The van der Waals surface area contributed by atoms with Gasteiger partial charge in [-0.15, -0.1) is 0 Å². The maximum Gasteiger partial charge on any atom is 0.142 e. The van der Waals surface area contributed by atoms with Gasteiger partial charge in [-0.25, -0.2) is 9.37 Å². The minimum Gasteiger partial charge on any atom is -0.381 e. The molecule has 4 rings (SSSR count). The Morgan fingerprint density at radius 3 is 2.88 bits per heavy atom. The summed E-state index contributed by atoms with van der Waals surface area (Å²) in [5.74, 6) is 0.0253. The van der Waals surface area contributed by atoms with Crippen molar-refractivity contribution in [2.45, 2.75) is 13.0 Å². The van der Waals surface area contributed by atoms with Gasteiger partial charge in [-0.3, -0.25) is 0 Å². The van der Waals surface area contributed by atoms with E-state index in [1.807, 2.05) is 18.3 Å². The minimum atomic E-state index is -0.429. The molecule has 124 valence electrons. The summed E-state index contributed by atoms with van der Waals surface area (Å²) in [6, 6.07) is 8.52. The molecule has 2 aromatic heterocycles. The van der Waals surface area contributed by atoms with Gasteiger partial charge in [0.25, 0.3) is 0 Å². The van der Waals surface area contributed by atoms with Crippen LogP contribution in [0.4, 0.5) is 4.39 Å². The number of aromatic nitrogens is 2. The SMILES string of the molecule is Fc1cc(-c2cn(C[C@@H]3CCOC3)c3nc(Cl)ccc23)ccc1Cl. The number of nitrogens with zero attached hydrogens (tertiary/aromatic N) is 2. The van der Waals surface area contributed by atoms with Crippen LogP contribution < -0.4 is 0 Å². The molecule has 1 fully saturated rings. The number of rotatable bonds is 3. The first kappa shape index (κ1) is 15.9. The predicted molar refractivity (Wildman–Crippen MR) is 94.1 cm³/mol. The lowest BCUT2D eigenvalue weighted by Crippen LogP contribution is -2.10. The van der Waals surface area contributed by atoms with Crippen molar-refractivity contribution in [1.29, 1.82) is 0 Å². The third kappa shape index (κ3) is 2.90. The highest BCUT2D eigenvalue weighted by molar-refractivity contribution is 6.31. The van der Waals surface area contributed by atoms with Crippen molar-refractivity contribution in [3.05, 3.63) is 52.5 Å². The van der Waals surface area contributed by atoms with Gasteiger partial charge in [0.2, 0.25) is 0 Å². The molecule has 0 N–H and O–H groups in total. The molecule has 3 heterocycles. The molecule has 0 saturated carbocycles. The Kier molecular flexibility index (Phi) is 4.21. The first-order chi connectivity index (χ1) is 11.6. The van der Waals surface area contributed by atoms with E-state index in [0.29, 0.717) is 11.1 Å². The molecule has 1 atom stereocenters. The number of pyridine rings is 1. The van der Waals surface area contributed by atoms with Crippen molar-refractivity contribution in [3.8, 4) is 11.1 Å². The molecule has 0 bridgehead atoms. The van der Waals surface area contributed by atoms with Crippen LogP contribution in [-0.2, 0) is 11.3 Å². The summed E-state index contributed by atoms with van der Waals surface area (Å²) in [6.07, 6.45) is 3.04. The molecular formula is C18H15Cl2FN2O. The highest BCUT2D eigenvalue weighted by Gasteiger charge is 2.19. The summed E-state index contributed by atoms with van der Waals surface area (Å²) in [4.78, 5) is 4.47. The number of ether oxygens (including phenoxy) is 1. The second kappa shape index (κ2) is 6.36. The van der Waals surface area contributed by atoms with Crippen LogP contribution in [0.5, 0.6) is 0 Å². The van der Waals surface area contributed by atoms with E-state index < -0.39 is 5.82 Å². The molecule has 0 unspecified atom stereocenters. The van der Waals surface area contributed by atoms with Gasteiger partial charge in [-0.05, 0) is 36.2 Å². The summed E-state index contributed by atoms with van der Waals surface area (Å²) in [5, 5.41) is 1.50. The van der Waals surface area contributed by atoms with Crippen molar-refractivity contribution in [3.63, 3.8) is 0 Å². The number of hydrogen-bond donors (Lipinski definition) is 0. The summed E-state index contributed by atoms with van der Waals surface area (Å²) in [6.45, 7) is 2.36. The number of benzene rings is 1. The normalized spacial score (nSPS) is 17.7. The van der Waals surface area contributed by atoms with E-state index in [1.165, 1.54) is 6.07 Å². The highest BCUT2D eigenvalue weighted by atomic mass is 35.5. The van der Waals surface area contributed by atoms with Crippen molar-refractivity contribution in [2.24, 2.45) is 5.92 Å². The van der Waals surface area contributed by atoms with Gasteiger partial charge in [0, 0.05) is 36.2 Å². The second-order valence-electron chi connectivity index (χ2n) is 6.06. The Hall–Kier alpha value is -1.62. The van der Waals surface area contributed by atoms with Gasteiger partial charge in [-0.1, -0.05) is 29.3 Å². The average molecular weight is 365 g/mol. The number of hydrogen-bond acceptors (Lipinski definition) is 2. The molecule has 1 aliphatic heterocycles. The van der Waals surface area contributed by atoms with Gasteiger partial charge in [0.15, 0.2) is 0 Å². The van der Waals surface area contributed by atoms with Crippen molar-refractivity contribution < 1.29 is 9.13 Å². The van der Waals surface area contributed by atoms with Crippen molar-refractivity contribution in [2.75, 3.05) is 13.2 Å². The molecule has 1 aromatic carbocycles. The van der Waals surface area contributed by atoms with Crippen LogP contribution in [0.3, 0.4) is 0 Å². The zero-order chi connectivity index (χ0) is 16.7. The fraction of sp³-hybridized carbons (Fsp3) is 0.278. The molecule has 0 spiro atoms. The lowest BCUT2D eigenvalue weighted by atomic mass is 10.1. The molecule has 0 radical (unpaired) electrons. The molecule has 3 aromatic rings. The first-order valence-corrected chi connectivity index (χ1v) is 8.56. The van der Waals surface area contributed by atoms with Crippen molar-refractivity contribution >= 4 is 34.2 Å². The quantitative estimate of drug-likeness (QED) is 0.598. The van der Waals surface area contributed by atoms with Crippen LogP contribution in [-0.4, -0.2) is 22.8 Å². The maximum absolute atomic E-state index is 13.9. The van der Waals surface area contributed by atoms with Crippen LogP contribution in [0.1, 0.15) is 6.42 Å². The molecular weight excluding hydrogens is 350 g/mol. The van der Waals surface area contributed by atoms with Crippen molar-refractivity contribution in [1.82, 2.24) is 9.55 Å². The zero-order valence-corrected chi connectivity index (χ0v) is 14.3. The fourth-order valence-electron chi connectivity index (χ4n) is 3.18. The van der Waals surface area contributed by atoms with Crippen LogP contribution in [0, 0.1) is 11.7 Å². The molecule has 1 aliphatic rings. The van der Waals surface area contributed by atoms with E-state index in [9.17, 15) is 4.39 Å². The first-order valence-electron chi connectivity index (χ1n) is 7.80. The minimum absolute atomic E-state index is 0.117.